The van der Waals surface area contributed by atoms with E-state index in [-0.39, 0.29) is 93.1 Å². The van der Waals surface area contributed by atoms with Gasteiger partial charge in [0, 0.05) is 79.0 Å². The van der Waals surface area contributed by atoms with Crippen molar-refractivity contribution in [2.24, 2.45) is 23.1 Å². The zero-order valence-corrected chi connectivity index (χ0v) is 77.2. The van der Waals surface area contributed by atoms with Gasteiger partial charge < -0.3 is 73.0 Å². The van der Waals surface area contributed by atoms with E-state index in [4.69, 9.17) is 70.8 Å². The lowest BCUT2D eigenvalue weighted by molar-refractivity contribution is -0.159. The number of aryl methyl sites for hydroxylation is 5. The van der Waals surface area contributed by atoms with Crippen LogP contribution >= 0.6 is 0 Å². The summed E-state index contributed by atoms with van der Waals surface area (Å²) in [5.41, 5.74) is 10.3. The van der Waals surface area contributed by atoms with E-state index in [2.05, 4.69) is 75.4 Å². The highest BCUT2D eigenvalue weighted by Crippen LogP contribution is 2.44. The number of aromatic amines is 1. The van der Waals surface area contributed by atoms with E-state index in [9.17, 15) is 38.4 Å². The normalized spacial score (nSPS) is 14.6. The number of ether oxygens (including phenoxy) is 5. The Morgan fingerprint density at radius 3 is 1.90 bits per heavy atom. The first-order valence-corrected chi connectivity index (χ1v) is 45.3. The van der Waals surface area contributed by atoms with Gasteiger partial charge in [0.25, 0.3) is 17.4 Å². The summed E-state index contributed by atoms with van der Waals surface area (Å²) < 4.78 is 40.9. The molecule has 6 aromatic heterocycles. The number of nitrogens with zero attached hydrogens (tertiary/aromatic N) is 11. The smallest absolute Gasteiger partial charge is 0.337 e. The van der Waals surface area contributed by atoms with E-state index in [1.165, 1.54) is 45.4 Å². The molecule has 3 amide bonds. The molecule has 2 unspecified atom stereocenters. The van der Waals surface area contributed by atoms with E-state index < -0.39 is 34.2 Å². The Labute approximate surface area is 787 Å². The number of para-hydroxylation sites is 4. The summed E-state index contributed by atoms with van der Waals surface area (Å²) >= 11 is 0. The average molecular weight is 1860 g/mol. The monoisotopic (exact) mass is 1850 g/mol. The lowest BCUT2D eigenvalue weighted by atomic mass is 9.75. The van der Waals surface area contributed by atoms with Gasteiger partial charge in [-0.1, -0.05) is 116 Å². The van der Waals surface area contributed by atoms with Gasteiger partial charge in [0.2, 0.25) is 29.5 Å². The first-order chi connectivity index (χ1) is 66.4. The van der Waals surface area contributed by atoms with Crippen molar-refractivity contribution in [2.75, 3.05) is 94.5 Å². The van der Waals surface area contributed by atoms with Gasteiger partial charge >= 0.3 is 23.8 Å². The van der Waals surface area contributed by atoms with Crippen LogP contribution in [0.2, 0.25) is 0 Å². The van der Waals surface area contributed by atoms with Gasteiger partial charge in [0.15, 0.2) is 23.1 Å². The van der Waals surface area contributed by atoms with Crippen LogP contribution in [-0.2, 0) is 30.3 Å². The summed E-state index contributed by atoms with van der Waals surface area (Å²) in [5.74, 6) is 24.1. The zero-order chi connectivity index (χ0) is 96.3. The average Bonchev–Trinajstić information content (AvgIpc) is 1.45. The highest BCUT2D eigenvalue weighted by molar-refractivity contribution is 6.07. The molecule has 0 spiro atoms. The van der Waals surface area contributed by atoms with Crippen LogP contribution in [0.4, 0.5) is 17.5 Å². The van der Waals surface area contributed by atoms with Crippen molar-refractivity contribution in [2.45, 2.75) is 111 Å². The van der Waals surface area contributed by atoms with E-state index in [1.807, 2.05) is 129 Å². The molecule has 3 aliphatic heterocycles. The molecule has 3 fully saturated rings. The van der Waals surface area contributed by atoms with Crippen LogP contribution in [0.1, 0.15) is 148 Å². The van der Waals surface area contributed by atoms with Crippen LogP contribution in [-0.4, -0.2) is 152 Å². The zero-order valence-electron chi connectivity index (χ0n) is 77.2. The molecule has 0 bridgehead atoms. The van der Waals surface area contributed by atoms with Crippen molar-refractivity contribution in [1.82, 2.24) is 49.2 Å². The first-order valence-electron chi connectivity index (χ1n) is 45.3. The van der Waals surface area contributed by atoms with Crippen LogP contribution in [0.25, 0.3) is 60.7 Å². The molecule has 34 nitrogen and oxygen atoms in total. The lowest BCUT2D eigenvalue weighted by Gasteiger charge is -2.41. The SMILES string of the molecule is CCC(C(=O)N1CCN(c2ccc(OC)cc2)CC1)n1nc(C)c2[nH]c3ccccc3c2c1=O.CCOC(=O)C1(CCCc2ccccc2)CCCN(C(=O)c2ccc3c(c2)OCO3)C1.COC(=O)c1ccc(C(c2c(ON)oc3ccccc3c2=O)c2c(ON)oc3ccccc3c2=O)cc1.Cc1cc(C)c(-c2cc(N(N)C(=O)CNc3nc(C4CC4)n(N)n3)n(-c3ccccc3)n2)cc1C. The second-order valence-corrected chi connectivity index (χ2v) is 34.0. The second-order valence-electron chi connectivity index (χ2n) is 34.0. The van der Waals surface area contributed by atoms with Gasteiger partial charge in [-0.05, 0) is 217 Å². The summed E-state index contributed by atoms with van der Waals surface area (Å²) in [5, 5.41) is 19.5. The Bertz CT molecular complexity index is 7050. The number of nitrogen functional groups attached to an aromatic ring is 1. The van der Waals surface area contributed by atoms with Crippen molar-refractivity contribution < 1.29 is 66.2 Å². The fourth-order valence-electron chi connectivity index (χ4n) is 17.8. The number of rotatable bonds is 25. The molecule has 0 radical (unpaired) electrons. The van der Waals surface area contributed by atoms with Crippen LogP contribution in [0.15, 0.2) is 242 Å². The van der Waals surface area contributed by atoms with Gasteiger partial charge in [-0.3, -0.25) is 33.6 Å². The minimum atomic E-state index is -1.18. The van der Waals surface area contributed by atoms with Crippen molar-refractivity contribution in [3.05, 3.63) is 311 Å². The molecule has 34 heteroatoms. The minimum absolute atomic E-state index is 0.0509. The molecule has 4 aliphatic rings. The number of H-pyrrole nitrogens is 1. The maximum absolute atomic E-state index is 13.8. The van der Waals surface area contributed by atoms with E-state index in [0.29, 0.717) is 97.0 Å². The molecule has 2 saturated heterocycles. The molecule has 10 N–H and O–H groups in total. The summed E-state index contributed by atoms with van der Waals surface area (Å²) in [6, 6.07) is 65.4. The third kappa shape index (κ3) is 20.2. The standard InChI is InChI=1S/C27H20N2O8.C26H29N5O3.C25H29N9O.C25H29NO5/c1-33-25(32)15-12-10-14(11-13-15)20(21-23(30)16-6-2-4-8-18(16)34-26(21)36-28)22-24(31)17-7-3-5-9-19(17)35-27(22)37-29;1-4-22(25(32)30-15-13-29(14-16-30)18-9-11-19(34-3)12-10-18)31-26(33)23-20-7-5-6-8-21(20)27-24(23)17(2)28-31;1-15-11-17(3)20(12-16(15)2)21-13-22(33(30-21)19-7-5-4-6-8-19)32(26)23(35)14-28-25-29-24(18-9-10-18)34(27)31-25;1-2-29-24(28)25(13-6-10-19-8-4-3-5-9-19)14-7-15-26(17-25)23(27)20-11-12-21-22(16-20)31-18-30-21/h2-13,20H,28-29H2,1H3;5-12,22,27H,4,13-16H2,1-3H3;4-8,11-13,18H,9-10,14,26-27H2,1-3H3,(H,28,31);3-5,8-9,11-12,16H,2,6-7,10,13-15,17-18H2,1H3. The summed E-state index contributed by atoms with van der Waals surface area (Å²) in [4.78, 5) is 131. The number of hydrazine groups is 1. The van der Waals surface area contributed by atoms with Crippen molar-refractivity contribution in [3.63, 3.8) is 0 Å². The molecule has 19 rings (SSSR count). The van der Waals surface area contributed by atoms with Crippen molar-refractivity contribution >= 4 is 90.9 Å². The molecular formula is C103H107N17O17. The Kier molecular flexibility index (Phi) is 28.7. The molecule has 137 heavy (non-hydrogen) atoms. The minimum Gasteiger partial charge on any atom is -0.497 e. The molecular weight excluding hydrogens is 1750 g/mol. The lowest BCUT2D eigenvalue weighted by Crippen LogP contribution is -2.51. The number of amides is 3. The Hall–Kier alpha value is -15.9. The third-order valence-corrected chi connectivity index (χ3v) is 25.3. The number of hydrogen-bond donors (Lipinski definition) is 6. The Morgan fingerprint density at radius 2 is 1.26 bits per heavy atom. The van der Waals surface area contributed by atoms with Crippen molar-refractivity contribution in [1.29, 1.82) is 0 Å². The molecule has 15 aromatic rings. The summed E-state index contributed by atoms with van der Waals surface area (Å²) in [7, 11) is 2.91. The molecule has 706 valence electrons. The highest BCUT2D eigenvalue weighted by Gasteiger charge is 2.45. The van der Waals surface area contributed by atoms with E-state index >= 15 is 0 Å². The number of fused-ring (bicyclic) bond motifs is 6. The number of carbonyl (C=O) groups excluding carboxylic acids is 5. The first kappa shape index (κ1) is 94.3. The predicted octanol–water partition coefficient (Wildman–Crippen LogP) is 14.1. The fourth-order valence-corrected chi connectivity index (χ4v) is 17.8. The molecule has 1 saturated carbocycles. The quantitative estimate of drug-likeness (QED) is 0.0134. The van der Waals surface area contributed by atoms with E-state index in [0.717, 1.165) is 113 Å². The number of benzene rings is 9. The maximum atomic E-state index is 13.8. The Morgan fingerprint density at radius 1 is 0.642 bits per heavy atom. The van der Waals surface area contributed by atoms with Crippen LogP contribution in [0.5, 0.6) is 29.1 Å². The summed E-state index contributed by atoms with van der Waals surface area (Å²) in [6.07, 6.45) is 6.59. The van der Waals surface area contributed by atoms with Crippen LogP contribution < -0.4 is 79.0 Å². The van der Waals surface area contributed by atoms with Crippen molar-refractivity contribution in [3.8, 4) is 46.1 Å². The number of methoxy groups -OCH3 is 2. The molecule has 2 atom stereocenters. The number of piperidine rings is 1. The number of anilines is 3. The predicted molar refractivity (Wildman–Crippen MR) is 519 cm³/mol. The third-order valence-electron chi connectivity index (χ3n) is 25.3. The topological polar surface area (TPSA) is 439 Å². The Balaban J connectivity index is 0.000000133. The van der Waals surface area contributed by atoms with Gasteiger partial charge in [0.1, 0.15) is 23.0 Å². The van der Waals surface area contributed by atoms with Gasteiger partial charge in [0.05, 0.1) is 94.1 Å². The van der Waals surface area contributed by atoms with E-state index in [1.54, 1.807) is 95.6 Å². The highest BCUT2D eigenvalue weighted by atomic mass is 16.7. The van der Waals surface area contributed by atoms with Gasteiger partial charge in [-0.25, -0.2) is 25.0 Å². The van der Waals surface area contributed by atoms with Crippen LogP contribution in [0, 0.1) is 33.1 Å². The fraction of sp³-hybridized carbons (Fsp3) is 0.282. The number of carbonyl (C=O) groups is 5. The second kappa shape index (κ2) is 41.7. The van der Waals surface area contributed by atoms with Gasteiger partial charge in [-0.2, -0.15) is 31.8 Å². The largest absolute Gasteiger partial charge is 0.497 e. The molecule has 1 aliphatic carbocycles. The van der Waals surface area contributed by atoms with Gasteiger partial charge in [-0.15, -0.1) is 5.10 Å². The number of hydrogen-bond acceptors (Lipinski definition) is 27. The van der Waals surface area contributed by atoms with Crippen LogP contribution in [0.3, 0.4) is 0 Å². The number of likely N-dealkylation sites (tertiary alicyclic amines) is 1. The number of esters is 2. The molecule has 9 aromatic carbocycles. The maximum Gasteiger partial charge on any atom is 0.337 e. The number of nitrogens with one attached hydrogen (secondary N) is 2. The molecule has 9 heterocycles. The number of nitrogens with two attached hydrogens (primary N) is 4. The summed E-state index contributed by atoms with van der Waals surface area (Å²) in [6.45, 7) is 15.9. The number of piperazine rings is 1. The number of aromatic nitrogens is 8.